The smallest absolute Gasteiger partial charge is 0.259 e. The molecule has 0 radical (unpaired) electrons. The van der Waals surface area contributed by atoms with Crippen LogP contribution in [0.1, 0.15) is 46.3 Å². The van der Waals surface area contributed by atoms with Crippen LogP contribution in [0.25, 0.3) is 17.1 Å². The average molecular weight is 417 g/mol. The maximum atomic E-state index is 13.8. The third kappa shape index (κ3) is 3.84. The van der Waals surface area contributed by atoms with Crippen LogP contribution in [-0.2, 0) is 0 Å². The zero-order valence-corrected chi connectivity index (χ0v) is 17.1. The first-order valence-electron chi connectivity index (χ1n) is 10.1. The van der Waals surface area contributed by atoms with E-state index in [0.29, 0.717) is 40.1 Å². The minimum absolute atomic E-state index is 0.344. The Morgan fingerprint density at radius 3 is 2.65 bits per heavy atom. The summed E-state index contributed by atoms with van der Waals surface area (Å²) in [5, 5.41) is 11.2. The molecule has 1 aliphatic carbocycles. The molecule has 0 aliphatic heterocycles. The Balaban J connectivity index is 1.34. The Kier molecular flexibility index (Phi) is 4.62. The molecule has 1 N–H and O–H groups in total. The van der Waals surface area contributed by atoms with E-state index in [4.69, 9.17) is 4.52 Å². The molecular formula is C23H20FN5O2. The van der Waals surface area contributed by atoms with Crippen molar-refractivity contribution in [1.29, 1.82) is 0 Å². The molecule has 4 aromatic rings. The maximum absolute atomic E-state index is 13.8. The lowest BCUT2D eigenvalue weighted by atomic mass is 10.2. The normalized spacial score (nSPS) is 13.4. The van der Waals surface area contributed by atoms with Crippen molar-refractivity contribution in [1.82, 2.24) is 19.9 Å². The highest BCUT2D eigenvalue weighted by molar-refractivity contribution is 6.04. The molecule has 31 heavy (non-hydrogen) atoms. The Morgan fingerprint density at radius 1 is 1.16 bits per heavy atom. The van der Waals surface area contributed by atoms with Gasteiger partial charge in [-0.25, -0.2) is 9.07 Å². The van der Waals surface area contributed by atoms with E-state index in [-0.39, 0.29) is 11.7 Å². The monoisotopic (exact) mass is 417 g/mol. The number of carbonyl (C=O) groups is 1. The van der Waals surface area contributed by atoms with Gasteiger partial charge in [0.15, 0.2) is 0 Å². The number of hydrogen-bond donors (Lipinski definition) is 1. The highest BCUT2D eigenvalue weighted by Crippen LogP contribution is 2.39. The van der Waals surface area contributed by atoms with Crippen molar-refractivity contribution >= 4 is 11.6 Å². The van der Waals surface area contributed by atoms with Gasteiger partial charge >= 0.3 is 0 Å². The summed E-state index contributed by atoms with van der Waals surface area (Å²) in [5.74, 6) is 0.967. The van der Waals surface area contributed by atoms with Crippen molar-refractivity contribution in [3.63, 3.8) is 0 Å². The molecule has 2 aromatic heterocycles. The van der Waals surface area contributed by atoms with Gasteiger partial charge in [-0.3, -0.25) is 4.79 Å². The second-order valence-corrected chi connectivity index (χ2v) is 7.77. The predicted molar refractivity (Wildman–Crippen MR) is 113 cm³/mol. The van der Waals surface area contributed by atoms with Crippen LogP contribution in [0.4, 0.5) is 10.1 Å². The van der Waals surface area contributed by atoms with Crippen molar-refractivity contribution in [2.75, 3.05) is 5.32 Å². The van der Waals surface area contributed by atoms with Gasteiger partial charge in [-0.05, 0) is 68.7 Å². The lowest BCUT2D eigenvalue weighted by Crippen LogP contribution is -2.12. The summed E-state index contributed by atoms with van der Waals surface area (Å²) in [6.45, 7) is 3.43. The largest absolute Gasteiger partial charge is 0.339 e. The number of rotatable bonds is 5. The summed E-state index contributed by atoms with van der Waals surface area (Å²) in [7, 11) is 0. The zero-order valence-electron chi connectivity index (χ0n) is 17.1. The van der Waals surface area contributed by atoms with Crippen LogP contribution in [0, 0.1) is 19.7 Å². The Bertz CT molecular complexity index is 1270. The number of amides is 1. The van der Waals surface area contributed by atoms with Crippen LogP contribution in [0.3, 0.4) is 0 Å². The SMILES string of the molecule is Cc1ccc(NC(=O)c2cn(-c3ccc(-c4noc(C5CC5)n4)cc3)nc2C)cc1F. The van der Waals surface area contributed by atoms with Crippen molar-refractivity contribution in [3.8, 4) is 17.1 Å². The standard InChI is InChI=1S/C23H20FN5O2/c1-13-3-8-17(11-20(13)24)25-22(30)19-12-29(27-14(19)2)18-9-6-15(7-10-18)21-26-23(31-28-21)16-4-5-16/h3,6-12,16H,4-5H2,1-2H3,(H,25,30). The lowest BCUT2D eigenvalue weighted by Gasteiger charge is -2.05. The Morgan fingerprint density at radius 2 is 1.94 bits per heavy atom. The summed E-state index contributed by atoms with van der Waals surface area (Å²) in [6.07, 6.45) is 3.87. The van der Waals surface area contributed by atoms with Gasteiger partial charge in [0.25, 0.3) is 5.91 Å². The first-order chi connectivity index (χ1) is 15.0. The molecular weight excluding hydrogens is 397 g/mol. The molecule has 156 valence electrons. The lowest BCUT2D eigenvalue weighted by molar-refractivity contribution is 0.102. The molecule has 8 heteroatoms. The van der Waals surface area contributed by atoms with Gasteiger partial charge in [0.1, 0.15) is 5.82 Å². The number of anilines is 1. The number of aryl methyl sites for hydroxylation is 2. The molecule has 0 atom stereocenters. The van der Waals surface area contributed by atoms with Gasteiger partial charge in [0, 0.05) is 23.4 Å². The van der Waals surface area contributed by atoms with E-state index in [1.54, 1.807) is 36.9 Å². The van der Waals surface area contributed by atoms with Gasteiger partial charge in [0.05, 0.1) is 16.9 Å². The molecule has 5 rings (SSSR count). The average Bonchev–Trinajstić information content (AvgIpc) is 3.36. The van der Waals surface area contributed by atoms with E-state index in [1.165, 1.54) is 6.07 Å². The fourth-order valence-electron chi connectivity index (χ4n) is 3.30. The van der Waals surface area contributed by atoms with E-state index < -0.39 is 0 Å². The first kappa shape index (κ1) is 19.2. The zero-order chi connectivity index (χ0) is 21.5. The highest BCUT2D eigenvalue weighted by atomic mass is 19.1. The summed E-state index contributed by atoms with van der Waals surface area (Å²) in [5.41, 5.74) is 3.55. The molecule has 2 aromatic carbocycles. The minimum Gasteiger partial charge on any atom is -0.339 e. The quantitative estimate of drug-likeness (QED) is 0.504. The van der Waals surface area contributed by atoms with Crippen molar-refractivity contribution in [2.45, 2.75) is 32.6 Å². The molecule has 0 saturated heterocycles. The summed E-state index contributed by atoms with van der Waals surface area (Å²) < 4.78 is 20.7. The van der Waals surface area contributed by atoms with Gasteiger partial charge in [0.2, 0.25) is 11.7 Å². The van der Waals surface area contributed by atoms with Gasteiger partial charge < -0.3 is 9.84 Å². The molecule has 0 unspecified atom stereocenters. The number of nitrogens with zero attached hydrogens (tertiary/aromatic N) is 4. The molecule has 1 fully saturated rings. The van der Waals surface area contributed by atoms with E-state index in [1.807, 2.05) is 24.3 Å². The molecule has 0 spiro atoms. The molecule has 2 heterocycles. The van der Waals surface area contributed by atoms with Crippen LogP contribution < -0.4 is 5.32 Å². The van der Waals surface area contributed by atoms with Gasteiger partial charge in [-0.2, -0.15) is 10.1 Å². The van der Waals surface area contributed by atoms with E-state index in [2.05, 4.69) is 20.6 Å². The van der Waals surface area contributed by atoms with E-state index in [0.717, 1.165) is 24.1 Å². The Hall–Kier alpha value is -3.81. The number of aromatic nitrogens is 4. The van der Waals surface area contributed by atoms with Crippen LogP contribution >= 0.6 is 0 Å². The van der Waals surface area contributed by atoms with Crippen molar-refractivity contribution < 1.29 is 13.7 Å². The number of carbonyl (C=O) groups excluding carboxylic acids is 1. The fraction of sp³-hybridized carbons (Fsp3) is 0.217. The van der Waals surface area contributed by atoms with Crippen LogP contribution in [-0.4, -0.2) is 25.8 Å². The van der Waals surface area contributed by atoms with Gasteiger partial charge in [-0.1, -0.05) is 11.2 Å². The van der Waals surface area contributed by atoms with Crippen molar-refractivity contribution in [3.05, 3.63) is 77.2 Å². The van der Waals surface area contributed by atoms with Crippen LogP contribution in [0.15, 0.2) is 53.2 Å². The van der Waals surface area contributed by atoms with Crippen molar-refractivity contribution in [2.24, 2.45) is 0 Å². The highest BCUT2D eigenvalue weighted by Gasteiger charge is 2.29. The van der Waals surface area contributed by atoms with Gasteiger partial charge in [-0.15, -0.1) is 0 Å². The van der Waals surface area contributed by atoms with E-state index in [9.17, 15) is 9.18 Å². The summed E-state index contributed by atoms with van der Waals surface area (Å²) in [4.78, 5) is 17.1. The molecule has 7 nitrogen and oxygen atoms in total. The van der Waals surface area contributed by atoms with Crippen LogP contribution in [0.5, 0.6) is 0 Å². The third-order valence-electron chi connectivity index (χ3n) is 5.33. The molecule has 1 amide bonds. The fourth-order valence-corrected chi connectivity index (χ4v) is 3.30. The third-order valence-corrected chi connectivity index (χ3v) is 5.33. The number of nitrogens with one attached hydrogen (secondary N) is 1. The first-order valence-corrected chi connectivity index (χ1v) is 10.1. The number of hydrogen-bond acceptors (Lipinski definition) is 5. The predicted octanol–water partition coefficient (Wildman–Crippen LogP) is 4.81. The second kappa shape index (κ2) is 7.46. The molecule has 0 bridgehead atoms. The number of halogens is 1. The maximum Gasteiger partial charge on any atom is 0.259 e. The second-order valence-electron chi connectivity index (χ2n) is 7.77. The minimum atomic E-state index is -0.365. The van der Waals surface area contributed by atoms with E-state index >= 15 is 0 Å². The Labute approximate surface area is 177 Å². The topological polar surface area (TPSA) is 85.8 Å². The molecule has 1 saturated carbocycles. The molecule has 1 aliphatic rings. The number of benzene rings is 2. The summed E-state index contributed by atoms with van der Waals surface area (Å²) >= 11 is 0. The van der Waals surface area contributed by atoms with Crippen LogP contribution in [0.2, 0.25) is 0 Å². The summed E-state index contributed by atoms with van der Waals surface area (Å²) in [6, 6.07) is 12.1.